The Balaban J connectivity index is 1.85. The third kappa shape index (κ3) is 2.88. The number of aromatic nitrogens is 1. The van der Waals surface area contributed by atoms with Gasteiger partial charge in [-0.3, -0.25) is 4.79 Å². The van der Waals surface area contributed by atoms with Crippen molar-refractivity contribution in [3.63, 3.8) is 0 Å². The summed E-state index contributed by atoms with van der Waals surface area (Å²) in [6.45, 7) is 2.17. The highest BCUT2D eigenvalue weighted by Gasteiger charge is 2.12. The van der Waals surface area contributed by atoms with Crippen molar-refractivity contribution < 1.29 is 9.90 Å². The molecule has 5 heteroatoms. The lowest BCUT2D eigenvalue weighted by Gasteiger charge is -2.28. The van der Waals surface area contributed by atoms with Gasteiger partial charge in [0.15, 0.2) is 0 Å². The second kappa shape index (κ2) is 6.05. The van der Waals surface area contributed by atoms with Crippen LogP contribution in [0.5, 0.6) is 0 Å². The van der Waals surface area contributed by atoms with Crippen LogP contribution in [0.1, 0.15) is 29.6 Å². The van der Waals surface area contributed by atoms with Crippen LogP contribution in [0.15, 0.2) is 41.2 Å². The minimum Gasteiger partial charge on any atom is -0.477 e. The first-order chi connectivity index (χ1) is 10.6. The van der Waals surface area contributed by atoms with Crippen LogP contribution in [0.3, 0.4) is 0 Å². The van der Waals surface area contributed by atoms with Crippen molar-refractivity contribution in [2.24, 2.45) is 0 Å². The maximum absolute atomic E-state index is 11.7. The van der Waals surface area contributed by atoms with E-state index in [1.807, 2.05) is 24.3 Å². The molecule has 2 aromatic rings. The van der Waals surface area contributed by atoms with Gasteiger partial charge in [-0.25, -0.2) is 4.79 Å². The van der Waals surface area contributed by atoms with Crippen LogP contribution in [-0.4, -0.2) is 29.1 Å². The first-order valence-corrected chi connectivity index (χ1v) is 7.47. The molecule has 0 atom stereocenters. The second-order valence-corrected chi connectivity index (χ2v) is 5.51. The van der Waals surface area contributed by atoms with E-state index >= 15 is 0 Å². The van der Waals surface area contributed by atoms with Gasteiger partial charge < -0.3 is 15.0 Å². The molecule has 1 aromatic carbocycles. The van der Waals surface area contributed by atoms with Crippen molar-refractivity contribution in [2.75, 3.05) is 18.0 Å². The zero-order valence-corrected chi connectivity index (χ0v) is 12.2. The molecule has 22 heavy (non-hydrogen) atoms. The smallest absolute Gasteiger partial charge is 0.341 e. The molecule has 1 saturated heterocycles. The number of carboxylic acids is 1. The van der Waals surface area contributed by atoms with Gasteiger partial charge in [0.05, 0.1) is 0 Å². The fraction of sp³-hybridized carbons (Fsp3) is 0.294. The van der Waals surface area contributed by atoms with E-state index in [-0.39, 0.29) is 5.56 Å². The lowest BCUT2D eigenvalue weighted by Crippen LogP contribution is -2.29. The molecular weight excluding hydrogens is 280 g/mol. The molecule has 0 radical (unpaired) electrons. The summed E-state index contributed by atoms with van der Waals surface area (Å²) < 4.78 is 0. The van der Waals surface area contributed by atoms with Crippen molar-refractivity contribution in [2.45, 2.75) is 19.3 Å². The van der Waals surface area contributed by atoms with E-state index in [1.54, 1.807) is 6.07 Å². The summed E-state index contributed by atoms with van der Waals surface area (Å²) in [4.78, 5) is 27.6. The van der Waals surface area contributed by atoms with Gasteiger partial charge in [0.1, 0.15) is 5.56 Å². The molecule has 0 amide bonds. The molecule has 2 heterocycles. The molecule has 1 aromatic heterocycles. The number of carboxylic acid groups (broad SMARTS) is 1. The summed E-state index contributed by atoms with van der Waals surface area (Å²) in [5.41, 5.74) is 1.86. The van der Waals surface area contributed by atoms with Crippen LogP contribution < -0.4 is 10.5 Å². The highest BCUT2D eigenvalue weighted by Crippen LogP contribution is 2.23. The van der Waals surface area contributed by atoms with E-state index in [2.05, 4.69) is 9.88 Å². The predicted molar refractivity (Wildman–Crippen MR) is 85.5 cm³/mol. The second-order valence-electron chi connectivity index (χ2n) is 5.51. The molecule has 0 unspecified atom stereocenters. The van der Waals surface area contributed by atoms with Crippen LogP contribution >= 0.6 is 0 Å². The molecular formula is C17H18N2O3. The molecule has 0 bridgehead atoms. The fourth-order valence-electron chi connectivity index (χ4n) is 2.81. The summed E-state index contributed by atoms with van der Waals surface area (Å²) in [5.74, 6) is -1.21. The first kappa shape index (κ1) is 14.4. The average molecular weight is 298 g/mol. The number of rotatable bonds is 3. The number of aromatic amines is 1. The molecule has 2 N–H and O–H groups in total. The third-order valence-electron chi connectivity index (χ3n) is 4.04. The van der Waals surface area contributed by atoms with Crippen molar-refractivity contribution in [1.29, 1.82) is 0 Å². The number of nitrogens with zero attached hydrogens (tertiary/aromatic N) is 1. The van der Waals surface area contributed by atoms with E-state index in [9.17, 15) is 9.59 Å². The van der Waals surface area contributed by atoms with Gasteiger partial charge in [0.25, 0.3) is 5.56 Å². The number of anilines is 1. The number of benzene rings is 1. The summed E-state index contributed by atoms with van der Waals surface area (Å²) in [5, 5.41) is 8.88. The molecule has 0 saturated carbocycles. The highest BCUT2D eigenvalue weighted by atomic mass is 16.4. The number of nitrogens with one attached hydrogen (secondary N) is 1. The lowest BCUT2D eigenvalue weighted by molar-refractivity contribution is 0.0695. The summed E-state index contributed by atoms with van der Waals surface area (Å²) in [6, 6.07) is 11.0. The minimum absolute atomic E-state index is 0.242. The molecule has 1 aliphatic heterocycles. The normalized spacial score (nSPS) is 14.8. The van der Waals surface area contributed by atoms with Gasteiger partial charge in [-0.15, -0.1) is 0 Å². The van der Waals surface area contributed by atoms with Gasteiger partial charge in [-0.05, 0) is 49.1 Å². The Labute approximate surface area is 128 Å². The first-order valence-electron chi connectivity index (χ1n) is 7.47. The Morgan fingerprint density at radius 1 is 1.00 bits per heavy atom. The maximum atomic E-state index is 11.7. The number of H-pyrrole nitrogens is 1. The van der Waals surface area contributed by atoms with Gasteiger partial charge in [0.2, 0.25) is 0 Å². The lowest BCUT2D eigenvalue weighted by atomic mass is 10.1. The summed E-state index contributed by atoms with van der Waals surface area (Å²) in [7, 11) is 0. The average Bonchev–Trinajstić information content (AvgIpc) is 2.55. The number of hydrogen-bond acceptors (Lipinski definition) is 3. The Hall–Kier alpha value is -2.56. The van der Waals surface area contributed by atoms with Gasteiger partial charge in [-0.1, -0.05) is 12.1 Å². The van der Waals surface area contributed by atoms with Crippen molar-refractivity contribution in [1.82, 2.24) is 4.98 Å². The topological polar surface area (TPSA) is 73.4 Å². The standard InChI is InChI=1S/C17H18N2O3/c20-16-14(17(21)22)8-9-15(18-16)12-4-6-13(7-5-12)19-10-2-1-3-11-19/h4-9H,1-3,10-11H2,(H,18,20)(H,21,22). The number of aromatic carboxylic acids is 1. The molecule has 1 fully saturated rings. The Bertz CT molecular complexity index is 728. The van der Waals surface area contributed by atoms with Gasteiger partial charge in [-0.2, -0.15) is 0 Å². The SMILES string of the molecule is O=C(O)c1ccc(-c2ccc(N3CCCCC3)cc2)[nH]c1=O. The van der Waals surface area contributed by atoms with E-state index in [0.717, 1.165) is 18.7 Å². The summed E-state index contributed by atoms with van der Waals surface area (Å²) in [6.07, 6.45) is 3.75. The molecule has 1 aliphatic rings. The molecule has 0 aliphatic carbocycles. The molecule has 0 spiro atoms. The molecule has 5 nitrogen and oxygen atoms in total. The zero-order valence-electron chi connectivity index (χ0n) is 12.2. The Morgan fingerprint density at radius 3 is 2.27 bits per heavy atom. The molecule has 114 valence electrons. The van der Waals surface area contributed by atoms with Crippen LogP contribution in [-0.2, 0) is 0 Å². The van der Waals surface area contributed by atoms with Crippen molar-refractivity contribution in [3.05, 3.63) is 52.3 Å². The van der Waals surface area contributed by atoms with E-state index < -0.39 is 11.5 Å². The minimum atomic E-state index is -1.21. The number of hydrogen-bond donors (Lipinski definition) is 2. The van der Waals surface area contributed by atoms with Crippen molar-refractivity contribution in [3.8, 4) is 11.3 Å². The predicted octanol–water partition coefficient (Wildman–Crippen LogP) is 2.73. The van der Waals surface area contributed by atoms with E-state index in [1.165, 1.54) is 31.0 Å². The maximum Gasteiger partial charge on any atom is 0.341 e. The monoisotopic (exact) mass is 298 g/mol. The van der Waals surface area contributed by atoms with Crippen LogP contribution in [0, 0.1) is 0 Å². The van der Waals surface area contributed by atoms with Gasteiger partial charge in [0, 0.05) is 24.5 Å². The Morgan fingerprint density at radius 2 is 1.68 bits per heavy atom. The number of pyridine rings is 1. The highest BCUT2D eigenvalue weighted by molar-refractivity contribution is 5.87. The largest absolute Gasteiger partial charge is 0.477 e. The van der Waals surface area contributed by atoms with E-state index in [0.29, 0.717) is 5.69 Å². The number of piperidine rings is 1. The van der Waals surface area contributed by atoms with Crippen LogP contribution in [0.2, 0.25) is 0 Å². The number of carbonyl (C=O) groups is 1. The third-order valence-corrected chi connectivity index (χ3v) is 4.04. The quantitative estimate of drug-likeness (QED) is 0.913. The Kier molecular flexibility index (Phi) is 3.96. The van der Waals surface area contributed by atoms with E-state index in [4.69, 9.17) is 5.11 Å². The fourth-order valence-corrected chi connectivity index (χ4v) is 2.81. The van der Waals surface area contributed by atoms with Gasteiger partial charge >= 0.3 is 5.97 Å². The zero-order chi connectivity index (χ0) is 15.5. The van der Waals surface area contributed by atoms with Crippen molar-refractivity contribution >= 4 is 11.7 Å². The summed E-state index contributed by atoms with van der Waals surface area (Å²) >= 11 is 0. The van der Waals surface area contributed by atoms with Crippen LogP contribution in [0.4, 0.5) is 5.69 Å². The van der Waals surface area contributed by atoms with Crippen LogP contribution in [0.25, 0.3) is 11.3 Å². The molecule has 3 rings (SSSR count).